The molecular weight excluding hydrogens is 310 g/mol. The molecule has 8 heteroatoms. The molecule has 0 radical (unpaired) electrons. The highest BCUT2D eigenvalue weighted by molar-refractivity contribution is 5.92. The molecule has 8 nitrogen and oxygen atoms in total. The van der Waals surface area contributed by atoms with Gasteiger partial charge in [-0.3, -0.25) is 14.6 Å². The molecule has 0 aromatic carbocycles. The molecule has 3 rings (SSSR count). The molecule has 3 heterocycles. The lowest BCUT2D eigenvalue weighted by Gasteiger charge is -2.30. The molecular formula is C16H21N5O3. The van der Waals surface area contributed by atoms with Crippen molar-refractivity contribution < 1.29 is 9.32 Å². The van der Waals surface area contributed by atoms with Gasteiger partial charge in [0.15, 0.2) is 5.82 Å². The standard InChI is InChI=1S/C16H21N5O3/c1-10(2)6-13-19-15(24-20-13)11-4-3-5-21(9-11)16(23)12-7-17-8-14(22)18-12/h7-8,10-11H,3-6,9H2,1-2H3,(H,18,22)/t11-/m0/s1. The number of aromatic amines is 1. The second kappa shape index (κ2) is 6.94. The van der Waals surface area contributed by atoms with Crippen LogP contribution < -0.4 is 5.56 Å². The summed E-state index contributed by atoms with van der Waals surface area (Å²) in [6.45, 7) is 5.34. The zero-order valence-electron chi connectivity index (χ0n) is 13.9. The van der Waals surface area contributed by atoms with Gasteiger partial charge in [0, 0.05) is 19.5 Å². The Bertz CT molecular complexity index is 767. The van der Waals surface area contributed by atoms with Crippen molar-refractivity contribution in [1.82, 2.24) is 25.0 Å². The van der Waals surface area contributed by atoms with E-state index in [-0.39, 0.29) is 23.1 Å². The number of likely N-dealkylation sites (tertiary alicyclic amines) is 1. The van der Waals surface area contributed by atoms with Crippen molar-refractivity contribution in [3.05, 3.63) is 40.2 Å². The summed E-state index contributed by atoms with van der Waals surface area (Å²) in [7, 11) is 0. The Morgan fingerprint density at radius 1 is 1.46 bits per heavy atom. The van der Waals surface area contributed by atoms with Gasteiger partial charge in [0.25, 0.3) is 11.5 Å². The van der Waals surface area contributed by atoms with E-state index in [1.54, 1.807) is 4.90 Å². The summed E-state index contributed by atoms with van der Waals surface area (Å²) in [6, 6.07) is 0. The summed E-state index contributed by atoms with van der Waals surface area (Å²) >= 11 is 0. The van der Waals surface area contributed by atoms with E-state index in [2.05, 4.69) is 34.0 Å². The van der Waals surface area contributed by atoms with Gasteiger partial charge in [-0.15, -0.1) is 0 Å². The van der Waals surface area contributed by atoms with Crippen molar-refractivity contribution in [1.29, 1.82) is 0 Å². The molecule has 1 amide bonds. The molecule has 2 aromatic heterocycles. The summed E-state index contributed by atoms with van der Waals surface area (Å²) in [5.41, 5.74) is -0.182. The Morgan fingerprint density at radius 3 is 3.04 bits per heavy atom. The number of piperidine rings is 1. The number of aromatic nitrogens is 4. The van der Waals surface area contributed by atoms with Crippen LogP contribution in [0, 0.1) is 5.92 Å². The van der Waals surface area contributed by atoms with Gasteiger partial charge in [0.1, 0.15) is 5.69 Å². The first-order valence-corrected chi connectivity index (χ1v) is 8.19. The van der Waals surface area contributed by atoms with Crippen molar-refractivity contribution in [2.24, 2.45) is 5.92 Å². The predicted octanol–water partition coefficient (Wildman–Crippen LogP) is 1.37. The molecule has 0 spiro atoms. The second-order valence-corrected chi connectivity index (χ2v) is 6.55. The van der Waals surface area contributed by atoms with Crippen LogP contribution in [0.3, 0.4) is 0 Å². The maximum atomic E-state index is 12.5. The number of carbonyl (C=O) groups excluding carboxylic acids is 1. The molecule has 1 saturated heterocycles. The molecule has 2 aromatic rings. The number of nitrogens with one attached hydrogen (secondary N) is 1. The minimum absolute atomic E-state index is 0.0273. The highest BCUT2D eigenvalue weighted by Crippen LogP contribution is 2.26. The van der Waals surface area contributed by atoms with Gasteiger partial charge in [0.2, 0.25) is 5.89 Å². The van der Waals surface area contributed by atoms with Gasteiger partial charge >= 0.3 is 0 Å². The third-order valence-corrected chi connectivity index (χ3v) is 4.02. The highest BCUT2D eigenvalue weighted by atomic mass is 16.5. The number of carbonyl (C=O) groups is 1. The molecule has 0 aliphatic carbocycles. The van der Waals surface area contributed by atoms with Crippen LogP contribution in [0.4, 0.5) is 0 Å². The molecule has 24 heavy (non-hydrogen) atoms. The molecule has 1 fully saturated rings. The van der Waals surface area contributed by atoms with E-state index in [0.29, 0.717) is 30.7 Å². The fraction of sp³-hybridized carbons (Fsp3) is 0.562. The summed E-state index contributed by atoms with van der Waals surface area (Å²) in [6.07, 6.45) is 5.04. The highest BCUT2D eigenvalue weighted by Gasteiger charge is 2.29. The van der Waals surface area contributed by atoms with Crippen molar-refractivity contribution in [3.63, 3.8) is 0 Å². The Kier molecular flexibility index (Phi) is 4.73. The van der Waals surface area contributed by atoms with Gasteiger partial charge in [-0.25, -0.2) is 0 Å². The molecule has 0 unspecified atom stereocenters. The quantitative estimate of drug-likeness (QED) is 0.907. The summed E-state index contributed by atoms with van der Waals surface area (Å²) in [4.78, 5) is 36.3. The van der Waals surface area contributed by atoms with Gasteiger partial charge in [-0.2, -0.15) is 4.98 Å². The molecule has 128 valence electrons. The molecule has 1 aliphatic heterocycles. The van der Waals surface area contributed by atoms with Crippen LogP contribution in [0.25, 0.3) is 0 Å². The Balaban J connectivity index is 1.71. The number of H-pyrrole nitrogens is 1. The zero-order valence-corrected chi connectivity index (χ0v) is 13.9. The van der Waals surface area contributed by atoms with Crippen LogP contribution in [-0.2, 0) is 6.42 Å². The topological polar surface area (TPSA) is 105 Å². The molecule has 1 atom stereocenters. The van der Waals surface area contributed by atoms with Crippen LogP contribution in [0.2, 0.25) is 0 Å². The van der Waals surface area contributed by atoms with Crippen molar-refractivity contribution in [3.8, 4) is 0 Å². The summed E-state index contributed by atoms with van der Waals surface area (Å²) in [5, 5.41) is 4.02. The first kappa shape index (κ1) is 16.4. The summed E-state index contributed by atoms with van der Waals surface area (Å²) < 4.78 is 5.39. The smallest absolute Gasteiger partial charge is 0.272 e. The normalized spacial score (nSPS) is 18.1. The number of nitrogens with zero attached hydrogens (tertiary/aromatic N) is 4. The average molecular weight is 331 g/mol. The summed E-state index contributed by atoms with van der Waals surface area (Å²) in [5.74, 6) is 1.55. The number of rotatable bonds is 4. The Labute approximate surface area is 139 Å². The predicted molar refractivity (Wildman–Crippen MR) is 85.6 cm³/mol. The number of hydrogen-bond acceptors (Lipinski definition) is 6. The fourth-order valence-electron chi connectivity index (χ4n) is 2.90. The molecule has 0 saturated carbocycles. The first-order chi connectivity index (χ1) is 11.5. The first-order valence-electron chi connectivity index (χ1n) is 8.19. The van der Waals surface area contributed by atoms with Crippen LogP contribution in [0.5, 0.6) is 0 Å². The van der Waals surface area contributed by atoms with E-state index >= 15 is 0 Å². The van der Waals surface area contributed by atoms with Crippen LogP contribution in [-0.4, -0.2) is 44.0 Å². The third kappa shape index (κ3) is 3.69. The number of amides is 1. The average Bonchev–Trinajstić information content (AvgIpc) is 3.02. The Hall–Kier alpha value is -2.51. The minimum atomic E-state index is -0.385. The molecule has 1 aliphatic rings. The van der Waals surface area contributed by atoms with Crippen molar-refractivity contribution in [2.75, 3.05) is 13.1 Å². The fourth-order valence-corrected chi connectivity index (χ4v) is 2.90. The van der Waals surface area contributed by atoms with Crippen molar-refractivity contribution >= 4 is 5.91 Å². The lowest BCUT2D eigenvalue weighted by molar-refractivity contribution is 0.0689. The van der Waals surface area contributed by atoms with E-state index in [0.717, 1.165) is 25.5 Å². The van der Waals surface area contributed by atoms with E-state index in [1.807, 2.05) is 0 Å². The van der Waals surface area contributed by atoms with Crippen LogP contribution >= 0.6 is 0 Å². The van der Waals surface area contributed by atoms with Crippen molar-refractivity contribution in [2.45, 2.75) is 39.0 Å². The van der Waals surface area contributed by atoms with Gasteiger partial charge in [-0.05, 0) is 18.8 Å². The van der Waals surface area contributed by atoms with E-state index in [9.17, 15) is 9.59 Å². The van der Waals surface area contributed by atoms with E-state index in [1.165, 1.54) is 6.20 Å². The van der Waals surface area contributed by atoms with E-state index in [4.69, 9.17) is 4.52 Å². The lowest BCUT2D eigenvalue weighted by atomic mass is 9.97. The SMILES string of the molecule is CC(C)Cc1noc([C@H]2CCCN(C(=O)c3cncc(=O)[nH]3)C2)n1. The minimum Gasteiger partial charge on any atom is -0.339 e. The molecule has 0 bridgehead atoms. The Morgan fingerprint density at radius 2 is 2.29 bits per heavy atom. The van der Waals surface area contributed by atoms with Gasteiger partial charge in [-0.1, -0.05) is 19.0 Å². The largest absolute Gasteiger partial charge is 0.339 e. The maximum absolute atomic E-state index is 12.5. The van der Waals surface area contributed by atoms with E-state index < -0.39 is 0 Å². The monoisotopic (exact) mass is 331 g/mol. The maximum Gasteiger partial charge on any atom is 0.272 e. The lowest BCUT2D eigenvalue weighted by Crippen LogP contribution is -2.40. The van der Waals surface area contributed by atoms with Gasteiger partial charge in [0.05, 0.1) is 18.3 Å². The van der Waals surface area contributed by atoms with Crippen LogP contribution in [0.15, 0.2) is 21.7 Å². The third-order valence-electron chi connectivity index (χ3n) is 4.02. The number of hydrogen-bond donors (Lipinski definition) is 1. The zero-order chi connectivity index (χ0) is 17.1. The second-order valence-electron chi connectivity index (χ2n) is 6.55. The van der Waals surface area contributed by atoms with Crippen LogP contribution in [0.1, 0.15) is 54.8 Å². The van der Waals surface area contributed by atoms with Gasteiger partial charge < -0.3 is 14.4 Å². The molecule has 1 N–H and O–H groups in total.